The molecule has 0 radical (unpaired) electrons. The third-order valence-corrected chi connectivity index (χ3v) is 4.11. The number of carboxylic acids is 1. The van der Waals surface area contributed by atoms with Crippen molar-refractivity contribution in [1.82, 2.24) is 4.90 Å². The first-order valence-electron chi connectivity index (χ1n) is 7.65. The van der Waals surface area contributed by atoms with Crippen molar-refractivity contribution in [1.29, 1.82) is 0 Å². The number of rotatable bonds is 2. The maximum absolute atomic E-state index is 12.2. The van der Waals surface area contributed by atoms with Crippen LogP contribution in [0, 0.1) is 0 Å². The highest BCUT2D eigenvalue weighted by molar-refractivity contribution is 6.30. The van der Waals surface area contributed by atoms with Gasteiger partial charge in [-0.3, -0.25) is 4.90 Å². The van der Waals surface area contributed by atoms with Crippen LogP contribution in [0.15, 0.2) is 24.3 Å². The highest BCUT2D eigenvalue weighted by Gasteiger charge is 2.38. The molecule has 1 aliphatic heterocycles. The molecule has 2 unspecified atom stereocenters. The van der Waals surface area contributed by atoms with Gasteiger partial charge in [0.1, 0.15) is 11.6 Å². The van der Waals surface area contributed by atoms with Gasteiger partial charge in [0.25, 0.3) is 0 Å². The van der Waals surface area contributed by atoms with Crippen LogP contribution in [0.4, 0.5) is 4.79 Å². The smallest absolute Gasteiger partial charge is 0.411 e. The summed E-state index contributed by atoms with van der Waals surface area (Å²) >= 11 is 5.89. The predicted octanol–water partition coefficient (Wildman–Crippen LogP) is 3.91. The molecule has 1 aliphatic rings. The Labute approximate surface area is 141 Å². The molecule has 2 rings (SSSR count). The standard InChI is InChI=1S/C17H22ClNO4/c1-17(2,3)23-16(22)19-9-8-12(10-14(19)15(20)21)11-4-6-13(18)7-5-11/h4-7,12,14H,8-10H2,1-3H3,(H,20,21). The fraction of sp³-hybridized carbons (Fsp3) is 0.529. The number of carbonyl (C=O) groups is 2. The van der Waals surface area contributed by atoms with Gasteiger partial charge in [0, 0.05) is 11.6 Å². The topological polar surface area (TPSA) is 66.8 Å². The highest BCUT2D eigenvalue weighted by atomic mass is 35.5. The summed E-state index contributed by atoms with van der Waals surface area (Å²) in [4.78, 5) is 25.2. The molecule has 1 fully saturated rings. The molecule has 0 aromatic heterocycles. The number of amides is 1. The lowest BCUT2D eigenvalue weighted by atomic mass is 9.85. The van der Waals surface area contributed by atoms with Crippen LogP contribution in [0.25, 0.3) is 0 Å². The third kappa shape index (κ3) is 4.61. The number of halogens is 1. The van der Waals surface area contributed by atoms with Crippen LogP contribution >= 0.6 is 11.6 Å². The molecule has 1 amide bonds. The van der Waals surface area contributed by atoms with Gasteiger partial charge in [-0.25, -0.2) is 9.59 Å². The van der Waals surface area contributed by atoms with Gasteiger partial charge in [0.2, 0.25) is 0 Å². The van der Waals surface area contributed by atoms with Gasteiger partial charge in [-0.05, 0) is 57.2 Å². The molecule has 0 bridgehead atoms. The Hall–Kier alpha value is -1.75. The van der Waals surface area contributed by atoms with Gasteiger partial charge in [0.05, 0.1) is 0 Å². The minimum Gasteiger partial charge on any atom is -0.480 e. The Bertz CT molecular complexity index is 579. The number of hydrogen-bond acceptors (Lipinski definition) is 3. The minimum atomic E-state index is -1.01. The second kappa shape index (κ2) is 6.79. The molecule has 23 heavy (non-hydrogen) atoms. The van der Waals surface area contributed by atoms with Crippen molar-refractivity contribution in [3.05, 3.63) is 34.9 Å². The number of hydrogen-bond donors (Lipinski definition) is 1. The van der Waals surface area contributed by atoms with E-state index in [4.69, 9.17) is 16.3 Å². The van der Waals surface area contributed by atoms with Gasteiger partial charge < -0.3 is 9.84 Å². The molecule has 5 nitrogen and oxygen atoms in total. The number of aliphatic carboxylic acids is 1. The van der Waals surface area contributed by atoms with Crippen molar-refractivity contribution in [3.63, 3.8) is 0 Å². The molecule has 126 valence electrons. The Balaban J connectivity index is 2.13. The zero-order valence-corrected chi connectivity index (χ0v) is 14.3. The average molecular weight is 340 g/mol. The van der Waals surface area contributed by atoms with E-state index >= 15 is 0 Å². The highest BCUT2D eigenvalue weighted by Crippen LogP contribution is 2.33. The van der Waals surface area contributed by atoms with Crippen molar-refractivity contribution in [3.8, 4) is 0 Å². The summed E-state index contributed by atoms with van der Waals surface area (Å²) in [5.41, 5.74) is 0.400. The largest absolute Gasteiger partial charge is 0.480 e. The van der Waals surface area contributed by atoms with E-state index in [0.717, 1.165) is 5.56 Å². The van der Waals surface area contributed by atoms with Crippen molar-refractivity contribution < 1.29 is 19.4 Å². The monoisotopic (exact) mass is 339 g/mol. The Morgan fingerprint density at radius 3 is 2.39 bits per heavy atom. The average Bonchev–Trinajstić information content (AvgIpc) is 2.45. The van der Waals surface area contributed by atoms with E-state index in [1.165, 1.54) is 4.90 Å². The second-order valence-electron chi connectivity index (χ2n) is 6.80. The molecule has 0 spiro atoms. The van der Waals surface area contributed by atoms with Gasteiger partial charge in [-0.1, -0.05) is 23.7 Å². The lowest BCUT2D eigenvalue weighted by molar-refractivity contribution is -0.144. The van der Waals surface area contributed by atoms with Crippen LogP contribution in [0.1, 0.15) is 45.1 Å². The second-order valence-corrected chi connectivity index (χ2v) is 7.24. The summed E-state index contributed by atoms with van der Waals surface area (Å²) < 4.78 is 5.32. The Morgan fingerprint density at radius 2 is 1.87 bits per heavy atom. The lowest BCUT2D eigenvalue weighted by Gasteiger charge is -2.38. The maximum atomic E-state index is 12.2. The first-order chi connectivity index (χ1) is 10.7. The van der Waals surface area contributed by atoms with E-state index in [9.17, 15) is 14.7 Å². The van der Waals surface area contributed by atoms with E-state index in [-0.39, 0.29) is 5.92 Å². The molecule has 0 saturated carbocycles. The molecule has 1 aromatic carbocycles. The summed E-state index contributed by atoms with van der Waals surface area (Å²) in [7, 11) is 0. The lowest BCUT2D eigenvalue weighted by Crippen LogP contribution is -2.51. The molecular weight excluding hydrogens is 318 g/mol. The Kier molecular flexibility index (Phi) is 5.19. The fourth-order valence-corrected chi connectivity index (χ4v) is 2.90. The fourth-order valence-electron chi connectivity index (χ4n) is 2.78. The minimum absolute atomic E-state index is 0.0899. The number of piperidine rings is 1. The molecule has 1 saturated heterocycles. The van der Waals surface area contributed by atoms with E-state index in [0.29, 0.717) is 24.4 Å². The van der Waals surface area contributed by atoms with Crippen molar-refractivity contribution in [2.24, 2.45) is 0 Å². The number of ether oxygens (including phenoxy) is 1. The van der Waals surface area contributed by atoms with E-state index < -0.39 is 23.7 Å². The van der Waals surface area contributed by atoms with Gasteiger partial charge in [-0.2, -0.15) is 0 Å². The number of benzene rings is 1. The summed E-state index contributed by atoms with van der Waals surface area (Å²) in [5, 5.41) is 10.1. The van der Waals surface area contributed by atoms with E-state index in [1.54, 1.807) is 32.9 Å². The van der Waals surface area contributed by atoms with Gasteiger partial charge in [0.15, 0.2) is 0 Å². The van der Waals surface area contributed by atoms with Crippen LogP contribution in [-0.2, 0) is 9.53 Å². The first-order valence-corrected chi connectivity index (χ1v) is 8.03. The van der Waals surface area contributed by atoms with Crippen LogP contribution in [0.3, 0.4) is 0 Å². The zero-order valence-electron chi connectivity index (χ0n) is 13.6. The third-order valence-electron chi connectivity index (χ3n) is 3.86. The molecule has 2 atom stereocenters. The van der Waals surface area contributed by atoms with Crippen LogP contribution in [-0.4, -0.2) is 40.3 Å². The molecule has 1 heterocycles. The van der Waals surface area contributed by atoms with Crippen molar-refractivity contribution >= 4 is 23.7 Å². The summed E-state index contributed by atoms with van der Waals surface area (Å²) in [6.45, 7) is 5.66. The SMILES string of the molecule is CC(C)(C)OC(=O)N1CCC(c2ccc(Cl)cc2)CC1C(=O)O. The maximum Gasteiger partial charge on any atom is 0.411 e. The number of carbonyl (C=O) groups excluding carboxylic acids is 1. The molecule has 6 heteroatoms. The molecule has 1 N–H and O–H groups in total. The predicted molar refractivity (Wildman–Crippen MR) is 87.8 cm³/mol. The molecule has 0 aliphatic carbocycles. The molecular formula is C17H22ClNO4. The summed E-state index contributed by atoms with van der Waals surface area (Å²) in [6, 6.07) is 6.54. The van der Waals surface area contributed by atoms with Crippen molar-refractivity contribution in [2.45, 2.75) is 51.2 Å². The van der Waals surface area contributed by atoms with Crippen LogP contribution in [0.2, 0.25) is 5.02 Å². The van der Waals surface area contributed by atoms with Gasteiger partial charge >= 0.3 is 12.1 Å². The van der Waals surface area contributed by atoms with E-state index in [1.807, 2.05) is 12.1 Å². The Morgan fingerprint density at radius 1 is 1.26 bits per heavy atom. The number of likely N-dealkylation sites (tertiary alicyclic amines) is 1. The summed E-state index contributed by atoms with van der Waals surface area (Å²) in [5.74, 6) is -0.915. The van der Waals surface area contributed by atoms with Crippen molar-refractivity contribution in [2.75, 3.05) is 6.54 Å². The van der Waals surface area contributed by atoms with Gasteiger partial charge in [-0.15, -0.1) is 0 Å². The zero-order chi connectivity index (χ0) is 17.2. The van der Waals surface area contributed by atoms with Crippen LogP contribution in [0.5, 0.6) is 0 Å². The molecule has 1 aromatic rings. The van der Waals surface area contributed by atoms with E-state index in [2.05, 4.69) is 0 Å². The summed E-state index contributed by atoms with van der Waals surface area (Å²) in [6.07, 6.45) is 0.500. The number of nitrogens with zero attached hydrogens (tertiary/aromatic N) is 1. The first kappa shape index (κ1) is 17.6. The quantitative estimate of drug-likeness (QED) is 0.887. The number of carboxylic acid groups (broad SMARTS) is 1. The van der Waals surface area contributed by atoms with Crippen LogP contribution < -0.4 is 0 Å². The normalized spacial score (nSPS) is 21.8.